The Bertz CT molecular complexity index is 841. The number of ether oxygens (including phenoxy) is 1. The summed E-state index contributed by atoms with van der Waals surface area (Å²) < 4.78 is 5.53. The molecule has 0 atom stereocenters. The van der Waals surface area contributed by atoms with E-state index in [0.717, 1.165) is 25.2 Å². The second-order valence-electron chi connectivity index (χ2n) is 6.33. The molecule has 0 radical (unpaired) electrons. The van der Waals surface area contributed by atoms with Crippen LogP contribution in [-0.4, -0.2) is 48.5 Å². The normalized spacial score (nSPS) is 14.6. The van der Waals surface area contributed by atoms with Crippen LogP contribution in [0.5, 0.6) is 5.75 Å². The number of benzene rings is 2. The fourth-order valence-electron chi connectivity index (χ4n) is 2.90. The molecule has 0 bridgehead atoms. The van der Waals surface area contributed by atoms with Gasteiger partial charge in [0.05, 0.1) is 21.7 Å². The molecule has 1 aliphatic heterocycles. The van der Waals surface area contributed by atoms with Gasteiger partial charge in [0.15, 0.2) is 6.61 Å². The van der Waals surface area contributed by atoms with E-state index in [4.69, 9.17) is 33.2 Å². The van der Waals surface area contributed by atoms with Gasteiger partial charge in [0, 0.05) is 38.8 Å². The molecule has 7 heteroatoms. The first-order chi connectivity index (χ1) is 13.0. The van der Waals surface area contributed by atoms with Crippen LogP contribution in [0.25, 0.3) is 0 Å². The second-order valence-corrected chi connectivity index (χ2v) is 7.14. The molecular formula is C20H19Cl2N3O2. The average molecular weight is 404 g/mol. The van der Waals surface area contributed by atoms with Crippen LogP contribution in [0.1, 0.15) is 11.1 Å². The Morgan fingerprint density at radius 1 is 1.04 bits per heavy atom. The lowest BCUT2D eigenvalue weighted by atomic mass is 10.1. The summed E-state index contributed by atoms with van der Waals surface area (Å²) >= 11 is 11.8. The van der Waals surface area contributed by atoms with Gasteiger partial charge in [-0.15, -0.1) is 0 Å². The predicted molar refractivity (Wildman–Crippen MR) is 105 cm³/mol. The Morgan fingerprint density at radius 2 is 1.74 bits per heavy atom. The summed E-state index contributed by atoms with van der Waals surface area (Å²) in [7, 11) is 0. The summed E-state index contributed by atoms with van der Waals surface area (Å²) in [6.07, 6.45) is 0. The number of carbonyl (C=O) groups is 1. The quantitative estimate of drug-likeness (QED) is 0.765. The van der Waals surface area contributed by atoms with E-state index < -0.39 is 0 Å². The van der Waals surface area contributed by atoms with Gasteiger partial charge in [0.25, 0.3) is 5.91 Å². The molecule has 27 heavy (non-hydrogen) atoms. The van der Waals surface area contributed by atoms with E-state index in [0.29, 0.717) is 34.4 Å². The van der Waals surface area contributed by atoms with Crippen LogP contribution in [0, 0.1) is 11.3 Å². The van der Waals surface area contributed by atoms with E-state index >= 15 is 0 Å². The average Bonchev–Trinajstić information content (AvgIpc) is 2.70. The van der Waals surface area contributed by atoms with E-state index in [-0.39, 0.29) is 12.5 Å². The molecule has 0 spiro atoms. The molecule has 1 heterocycles. The van der Waals surface area contributed by atoms with Crippen LogP contribution in [-0.2, 0) is 11.3 Å². The third-order valence-corrected chi connectivity index (χ3v) is 5.21. The van der Waals surface area contributed by atoms with E-state index in [1.807, 2.05) is 29.2 Å². The summed E-state index contributed by atoms with van der Waals surface area (Å²) in [6, 6.07) is 14.7. The molecule has 1 saturated heterocycles. The zero-order chi connectivity index (χ0) is 19.2. The zero-order valence-electron chi connectivity index (χ0n) is 14.7. The van der Waals surface area contributed by atoms with Gasteiger partial charge in [-0.2, -0.15) is 5.26 Å². The first kappa shape index (κ1) is 19.5. The zero-order valence-corrected chi connectivity index (χ0v) is 16.2. The number of piperazine rings is 1. The first-order valence-electron chi connectivity index (χ1n) is 8.62. The third kappa shape index (κ3) is 5.36. The molecule has 2 aromatic rings. The Balaban J connectivity index is 1.44. The number of carbonyl (C=O) groups excluding carboxylic acids is 1. The number of nitriles is 1. The molecule has 140 valence electrons. The number of nitrogens with zero attached hydrogens (tertiary/aromatic N) is 3. The number of halogens is 2. The van der Waals surface area contributed by atoms with Crippen molar-refractivity contribution in [3.8, 4) is 11.8 Å². The topological polar surface area (TPSA) is 56.6 Å². The van der Waals surface area contributed by atoms with E-state index in [1.54, 1.807) is 18.2 Å². The second kappa shape index (κ2) is 9.09. The maximum atomic E-state index is 12.4. The van der Waals surface area contributed by atoms with Crippen LogP contribution in [0.2, 0.25) is 10.0 Å². The van der Waals surface area contributed by atoms with Crippen LogP contribution in [0.15, 0.2) is 42.5 Å². The van der Waals surface area contributed by atoms with E-state index in [2.05, 4.69) is 11.0 Å². The van der Waals surface area contributed by atoms with Crippen molar-refractivity contribution >= 4 is 29.1 Å². The SMILES string of the molecule is N#Cc1ccc(CN2CCN(C(=O)COc3ccc(Cl)c(Cl)c3)CC2)cc1. The molecular weight excluding hydrogens is 385 g/mol. The minimum atomic E-state index is -0.0425. The molecule has 1 aliphatic rings. The Labute approximate surface area is 168 Å². The van der Waals surface area contributed by atoms with Crippen LogP contribution in [0.4, 0.5) is 0 Å². The van der Waals surface area contributed by atoms with Crippen LogP contribution in [0.3, 0.4) is 0 Å². The van der Waals surface area contributed by atoms with Crippen molar-refractivity contribution in [2.75, 3.05) is 32.8 Å². The van der Waals surface area contributed by atoms with E-state index in [9.17, 15) is 4.79 Å². The maximum absolute atomic E-state index is 12.4. The van der Waals surface area contributed by atoms with Gasteiger partial charge in [-0.05, 0) is 29.8 Å². The monoisotopic (exact) mass is 403 g/mol. The number of hydrogen-bond acceptors (Lipinski definition) is 4. The summed E-state index contributed by atoms with van der Waals surface area (Å²) in [4.78, 5) is 16.5. The highest BCUT2D eigenvalue weighted by molar-refractivity contribution is 6.42. The van der Waals surface area contributed by atoms with Crippen LogP contribution >= 0.6 is 23.2 Å². The highest BCUT2D eigenvalue weighted by Crippen LogP contribution is 2.26. The lowest BCUT2D eigenvalue weighted by Gasteiger charge is -2.34. The molecule has 5 nitrogen and oxygen atoms in total. The number of rotatable bonds is 5. The van der Waals surface area contributed by atoms with Gasteiger partial charge >= 0.3 is 0 Å². The summed E-state index contributed by atoms with van der Waals surface area (Å²) in [5, 5.41) is 9.71. The molecule has 3 rings (SSSR count). The summed E-state index contributed by atoms with van der Waals surface area (Å²) in [6.45, 7) is 3.73. The lowest BCUT2D eigenvalue weighted by molar-refractivity contribution is -0.135. The van der Waals surface area contributed by atoms with Crippen molar-refractivity contribution in [1.29, 1.82) is 5.26 Å². The van der Waals surface area contributed by atoms with Crippen LogP contribution < -0.4 is 4.74 Å². The maximum Gasteiger partial charge on any atom is 0.260 e. The number of hydrogen-bond donors (Lipinski definition) is 0. The van der Waals surface area contributed by atoms with Crippen molar-refractivity contribution in [1.82, 2.24) is 9.80 Å². The minimum absolute atomic E-state index is 0.0203. The Hall–Kier alpha value is -2.26. The molecule has 0 N–H and O–H groups in total. The molecule has 0 saturated carbocycles. The standard InChI is InChI=1S/C20H19Cl2N3O2/c21-18-6-5-17(11-19(18)22)27-14-20(26)25-9-7-24(8-10-25)13-16-3-1-15(12-23)2-4-16/h1-6,11H,7-10,13-14H2. The molecule has 1 fully saturated rings. The third-order valence-electron chi connectivity index (χ3n) is 4.47. The fourth-order valence-corrected chi connectivity index (χ4v) is 3.19. The van der Waals surface area contributed by atoms with Crippen molar-refractivity contribution in [2.45, 2.75) is 6.54 Å². The molecule has 0 aromatic heterocycles. The Kier molecular flexibility index (Phi) is 6.57. The van der Waals surface area contributed by atoms with Gasteiger partial charge in [-0.3, -0.25) is 9.69 Å². The van der Waals surface area contributed by atoms with Crippen molar-refractivity contribution in [3.63, 3.8) is 0 Å². The van der Waals surface area contributed by atoms with Gasteiger partial charge < -0.3 is 9.64 Å². The highest BCUT2D eigenvalue weighted by Gasteiger charge is 2.21. The van der Waals surface area contributed by atoms with Gasteiger partial charge in [-0.25, -0.2) is 0 Å². The number of amides is 1. The first-order valence-corrected chi connectivity index (χ1v) is 9.38. The molecule has 0 unspecified atom stereocenters. The Morgan fingerprint density at radius 3 is 2.37 bits per heavy atom. The van der Waals surface area contributed by atoms with Crippen molar-refractivity contribution < 1.29 is 9.53 Å². The lowest BCUT2D eigenvalue weighted by Crippen LogP contribution is -2.49. The van der Waals surface area contributed by atoms with E-state index in [1.165, 1.54) is 0 Å². The van der Waals surface area contributed by atoms with Gasteiger partial charge in [-0.1, -0.05) is 35.3 Å². The predicted octanol–water partition coefficient (Wildman–Crippen LogP) is 3.59. The largest absolute Gasteiger partial charge is 0.484 e. The smallest absolute Gasteiger partial charge is 0.260 e. The summed E-state index contributed by atoms with van der Waals surface area (Å²) in [5.74, 6) is 0.483. The van der Waals surface area contributed by atoms with Crippen molar-refractivity contribution in [3.05, 3.63) is 63.6 Å². The molecule has 0 aliphatic carbocycles. The minimum Gasteiger partial charge on any atom is -0.484 e. The van der Waals surface area contributed by atoms with Crippen molar-refractivity contribution in [2.24, 2.45) is 0 Å². The molecule has 1 amide bonds. The summed E-state index contributed by atoms with van der Waals surface area (Å²) in [5.41, 5.74) is 1.83. The molecule has 2 aromatic carbocycles. The van der Waals surface area contributed by atoms with Gasteiger partial charge in [0.2, 0.25) is 0 Å². The van der Waals surface area contributed by atoms with Gasteiger partial charge in [0.1, 0.15) is 5.75 Å². The highest BCUT2D eigenvalue weighted by atomic mass is 35.5. The fraction of sp³-hybridized carbons (Fsp3) is 0.300.